The van der Waals surface area contributed by atoms with Gasteiger partial charge >= 0.3 is 0 Å². The van der Waals surface area contributed by atoms with Crippen molar-refractivity contribution in [3.8, 4) is 0 Å². The number of hydrogen-bond acceptors (Lipinski definition) is 3. The van der Waals surface area contributed by atoms with E-state index in [-0.39, 0.29) is 12.4 Å². The lowest BCUT2D eigenvalue weighted by molar-refractivity contribution is 1.20. The summed E-state index contributed by atoms with van der Waals surface area (Å²) in [5.41, 5.74) is 10.3. The number of nitrogen functional groups attached to an aromatic ring is 1. The van der Waals surface area contributed by atoms with Crippen LogP contribution in [0.1, 0.15) is 11.1 Å². The first-order valence-electron chi connectivity index (χ1n) is 5.50. The summed E-state index contributed by atoms with van der Waals surface area (Å²) < 4.78 is 0. The van der Waals surface area contributed by atoms with Crippen molar-refractivity contribution in [1.29, 1.82) is 0 Å². The molecule has 3 nitrogen and oxygen atoms in total. The zero-order valence-electron chi connectivity index (χ0n) is 10.4. The largest absolute Gasteiger partial charge is 0.399 e. The molecule has 2 aromatic carbocycles. The second-order valence-electron chi connectivity index (χ2n) is 4.08. The molecule has 2 aromatic rings. The first-order valence-corrected chi connectivity index (χ1v) is 5.50. The van der Waals surface area contributed by atoms with E-state index in [1.165, 1.54) is 5.56 Å². The molecule has 0 heterocycles. The van der Waals surface area contributed by atoms with Crippen LogP contribution in [-0.4, -0.2) is 0 Å². The minimum absolute atomic E-state index is 0. The van der Waals surface area contributed by atoms with Crippen LogP contribution >= 0.6 is 12.4 Å². The summed E-state index contributed by atoms with van der Waals surface area (Å²) in [4.78, 5) is 0. The van der Waals surface area contributed by atoms with Gasteiger partial charge in [-0.25, -0.2) is 0 Å². The average Bonchev–Trinajstić information content (AvgIpc) is 2.28. The Labute approximate surface area is 113 Å². The van der Waals surface area contributed by atoms with Crippen molar-refractivity contribution < 1.29 is 0 Å². The monoisotopic (exact) mass is 261 g/mol. The van der Waals surface area contributed by atoms with Crippen LogP contribution in [0.5, 0.6) is 0 Å². The number of benzene rings is 2. The second-order valence-corrected chi connectivity index (χ2v) is 4.08. The number of halogens is 1. The minimum Gasteiger partial charge on any atom is -0.399 e. The summed E-state index contributed by atoms with van der Waals surface area (Å²) in [6, 6.07) is 13.5. The Bertz CT molecular complexity index is 565. The molecule has 18 heavy (non-hydrogen) atoms. The molecule has 0 amide bonds. The van der Waals surface area contributed by atoms with Gasteiger partial charge in [0, 0.05) is 5.69 Å². The minimum atomic E-state index is 0. The number of azo groups is 1. The molecule has 0 aliphatic heterocycles. The first kappa shape index (κ1) is 14.2. The fourth-order valence-electron chi connectivity index (χ4n) is 1.59. The van der Waals surface area contributed by atoms with Gasteiger partial charge in [0.25, 0.3) is 0 Å². The Hall–Kier alpha value is -1.87. The van der Waals surface area contributed by atoms with Crippen LogP contribution in [0.25, 0.3) is 0 Å². The van der Waals surface area contributed by atoms with Gasteiger partial charge in [-0.1, -0.05) is 12.1 Å². The molecule has 2 N–H and O–H groups in total. The predicted octanol–water partition coefficient (Wildman–Crippen LogP) is 4.72. The molecular weight excluding hydrogens is 246 g/mol. The van der Waals surface area contributed by atoms with E-state index in [4.69, 9.17) is 5.73 Å². The molecule has 0 saturated heterocycles. The number of hydrogen-bond donors (Lipinski definition) is 1. The van der Waals surface area contributed by atoms with Gasteiger partial charge in [-0.2, -0.15) is 10.2 Å². The fraction of sp³-hybridized carbons (Fsp3) is 0.143. The standard InChI is InChI=1S/C14H15N3.ClH/c1-10-4-3-5-13(8-10)16-17-14-7-6-12(15)9-11(14)2;/h3-9H,15H2,1-2H3;1H/b17-16+;. The van der Waals surface area contributed by atoms with Crippen LogP contribution in [0.4, 0.5) is 17.1 Å². The van der Waals surface area contributed by atoms with Crippen LogP contribution < -0.4 is 5.73 Å². The molecule has 94 valence electrons. The lowest BCUT2D eigenvalue weighted by Crippen LogP contribution is -1.84. The van der Waals surface area contributed by atoms with Gasteiger partial charge in [0.15, 0.2) is 0 Å². The Morgan fingerprint density at radius 1 is 0.944 bits per heavy atom. The van der Waals surface area contributed by atoms with Crippen LogP contribution in [0.2, 0.25) is 0 Å². The van der Waals surface area contributed by atoms with Crippen molar-refractivity contribution in [2.45, 2.75) is 13.8 Å². The van der Waals surface area contributed by atoms with Crippen molar-refractivity contribution in [1.82, 2.24) is 0 Å². The van der Waals surface area contributed by atoms with Gasteiger partial charge in [-0.3, -0.25) is 0 Å². The molecule has 0 aliphatic rings. The Morgan fingerprint density at radius 2 is 1.72 bits per heavy atom. The molecule has 0 saturated carbocycles. The van der Waals surface area contributed by atoms with Gasteiger partial charge in [0.2, 0.25) is 0 Å². The van der Waals surface area contributed by atoms with Crippen molar-refractivity contribution in [2.75, 3.05) is 5.73 Å². The van der Waals surface area contributed by atoms with E-state index in [1.807, 2.05) is 56.3 Å². The number of nitrogens with two attached hydrogens (primary N) is 1. The van der Waals surface area contributed by atoms with Crippen LogP contribution in [0, 0.1) is 13.8 Å². The zero-order chi connectivity index (χ0) is 12.3. The molecule has 4 heteroatoms. The van der Waals surface area contributed by atoms with Gasteiger partial charge in [-0.15, -0.1) is 12.4 Å². The Kier molecular flexibility index (Phi) is 4.86. The molecule has 0 bridgehead atoms. The van der Waals surface area contributed by atoms with E-state index < -0.39 is 0 Å². The summed E-state index contributed by atoms with van der Waals surface area (Å²) >= 11 is 0. The normalized spacial score (nSPS) is 10.3. The summed E-state index contributed by atoms with van der Waals surface area (Å²) in [7, 11) is 0. The Morgan fingerprint density at radius 3 is 2.39 bits per heavy atom. The van der Waals surface area contributed by atoms with E-state index in [0.29, 0.717) is 0 Å². The summed E-state index contributed by atoms with van der Waals surface area (Å²) in [5.74, 6) is 0. The molecule has 0 spiro atoms. The highest BCUT2D eigenvalue weighted by atomic mass is 35.5. The third kappa shape index (κ3) is 3.57. The number of aryl methyl sites for hydroxylation is 2. The second kappa shape index (κ2) is 6.17. The van der Waals surface area contributed by atoms with E-state index >= 15 is 0 Å². The van der Waals surface area contributed by atoms with Crippen molar-refractivity contribution in [2.24, 2.45) is 10.2 Å². The van der Waals surface area contributed by atoms with Crippen LogP contribution in [-0.2, 0) is 0 Å². The van der Waals surface area contributed by atoms with Gasteiger partial charge in [0.05, 0.1) is 11.4 Å². The topological polar surface area (TPSA) is 50.7 Å². The molecule has 0 radical (unpaired) electrons. The van der Waals surface area contributed by atoms with Crippen molar-refractivity contribution >= 4 is 29.5 Å². The SMILES string of the molecule is Cc1cccc(/N=N/c2ccc(N)cc2C)c1.Cl. The van der Waals surface area contributed by atoms with Gasteiger partial charge in [-0.05, 0) is 55.3 Å². The van der Waals surface area contributed by atoms with Crippen molar-refractivity contribution in [3.05, 3.63) is 53.6 Å². The van der Waals surface area contributed by atoms with E-state index in [1.54, 1.807) is 0 Å². The fourth-order valence-corrected chi connectivity index (χ4v) is 1.59. The smallest absolute Gasteiger partial charge is 0.0887 e. The molecule has 0 aromatic heterocycles. The van der Waals surface area contributed by atoms with Crippen LogP contribution in [0.3, 0.4) is 0 Å². The molecule has 0 atom stereocenters. The highest BCUT2D eigenvalue weighted by Gasteiger charge is 1.97. The summed E-state index contributed by atoms with van der Waals surface area (Å²) in [6.07, 6.45) is 0. The molecule has 0 aliphatic carbocycles. The van der Waals surface area contributed by atoms with Crippen molar-refractivity contribution in [3.63, 3.8) is 0 Å². The summed E-state index contributed by atoms with van der Waals surface area (Å²) in [5, 5.41) is 8.44. The molecular formula is C14H16ClN3. The molecule has 0 unspecified atom stereocenters. The highest BCUT2D eigenvalue weighted by Crippen LogP contribution is 2.23. The van der Waals surface area contributed by atoms with E-state index in [0.717, 1.165) is 22.6 Å². The average molecular weight is 262 g/mol. The molecule has 2 rings (SSSR count). The van der Waals surface area contributed by atoms with Crippen LogP contribution in [0.15, 0.2) is 52.7 Å². The lowest BCUT2D eigenvalue weighted by Gasteiger charge is -2.00. The van der Waals surface area contributed by atoms with E-state index in [9.17, 15) is 0 Å². The highest BCUT2D eigenvalue weighted by molar-refractivity contribution is 5.85. The number of rotatable bonds is 2. The van der Waals surface area contributed by atoms with Gasteiger partial charge in [0.1, 0.15) is 0 Å². The first-order chi connectivity index (χ1) is 8.15. The maximum absolute atomic E-state index is 5.68. The number of nitrogens with zero attached hydrogens (tertiary/aromatic N) is 2. The Balaban J connectivity index is 0.00000162. The third-order valence-corrected chi connectivity index (χ3v) is 2.50. The predicted molar refractivity (Wildman–Crippen MR) is 78.2 cm³/mol. The number of anilines is 1. The summed E-state index contributed by atoms with van der Waals surface area (Å²) in [6.45, 7) is 4.01. The molecule has 0 fully saturated rings. The quantitative estimate of drug-likeness (QED) is 0.617. The third-order valence-electron chi connectivity index (χ3n) is 2.50. The van der Waals surface area contributed by atoms with Gasteiger partial charge < -0.3 is 5.73 Å². The maximum atomic E-state index is 5.68. The maximum Gasteiger partial charge on any atom is 0.0887 e. The van der Waals surface area contributed by atoms with E-state index in [2.05, 4.69) is 10.2 Å². The zero-order valence-corrected chi connectivity index (χ0v) is 11.2. The lowest BCUT2D eigenvalue weighted by atomic mass is 10.2.